The van der Waals surface area contributed by atoms with E-state index in [4.69, 9.17) is 4.74 Å². The van der Waals surface area contributed by atoms with Gasteiger partial charge in [-0.15, -0.1) is 0 Å². The van der Waals surface area contributed by atoms with E-state index >= 15 is 0 Å². The van der Waals surface area contributed by atoms with E-state index in [-0.39, 0.29) is 46.7 Å². The number of carbonyl (C=O) groups excluding carboxylic acids is 3. The van der Waals surface area contributed by atoms with E-state index in [2.05, 4.69) is 5.32 Å². The minimum absolute atomic E-state index is 0.0471. The summed E-state index contributed by atoms with van der Waals surface area (Å²) in [7, 11) is 0. The molecular formula is C21H20N2O5. The number of amides is 3. The highest BCUT2D eigenvalue weighted by atomic mass is 16.5. The Kier molecular flexibility index (Phi) is 4.60. The Bertz CT molecular complexity index is 979. The summed E-state index contributed by atoms with van der Waals surface area (Å²) in [5.41, 5.74) is 1.90. The summed E-state index contributed by atoms with van der Waals surface area (Å²) in [6.07, 6.45) is 1.61. The van der Waals surface area contributed by atoms with E-state index in [1.165, 1.54) is 29.2 Å². The molecule has 144 valence electrons. The smallest absolute Gasteiger partial charge is 0.261 e. The van der Waals surface area contributed by atoms with Crippen LogP contribution in [0.5, 0.6) is 5.75 Å². The first-order valence-electron chi connectivity index (χ1n) is 9.17. The van der Waals surface area contributed by atoms with Crippen LogP contribution in [0.4, 0.5) is 5.69 Å². The van der Waals surface area contributed by atoms with Crippen LogP contribution < -0.4 is 5.32 Å². The largest absolute Gasteiger partial charge is 0.506 e. The molecule has 3 amide bonds. The van der Waals surface area contributed by atoms with Gasteiger partial charge < -0.3 is 15.2 Å². The lowest BCUT2D eigenvalue weighted by Gasteiger charge is -2.17. The van der Waals surface area contributed by atoms with Gasteiger partial charge in [0.05, 0.1) is 29.5 Å². The van der Waals surface area contributed by atoms with Crippen LogP contribution in [-0.2, 0) is 4.74 Å². The predicted octanol–water partition coefficient (Wildman–Crippen LogP) is 2.73. The molecule has 1 saturated heterocycles. The summed E-state index contributed by atoms with van der Waals surface area (Å²) in [4.78, 5) is 39.0. The molecule has 2 aliphatic heterocycles. The fourth-order valence-corrected chi connectivity index (χ4v) is 3.53. The molecule has 0 bridgehead atoms. The lowest BCUT2D eigenvalue weighted by molar-refractivity contribution is 0.0475. The second kappa shape index (κ2) is 7.09. The highest BCUT2D eigenvalue weighted by molar-refractivity contribution is 6.22. The average molecular weight is 380 g/mol. The number of anilines is 1. The fourth-order valence-electron chi connectivity index (χ4n) is 3.53. The van der Waals surface area contributed by atoms with Gasteiger partial charge in [-0.2, -0.15) is 0 Å². The molecule has 2 aliphatic rings. The number of aromatic hydroxyl groups is 1. The van der Waals surface area contributed by atoms with Gasteiger partial charge in [0.2, 0.25) is 0 Å². The first-order chi connectivity index (χ1) is 13.4. The Balaban J connectivity index is 1.55. The highest BCUT2D eigenvalue weighted by Gasteiger charge is 2.37. The Morgan fingerprint density at radius 2 is 1.96 bits per heavy atom. The number of phenolic OH excluding ortho intramolecular Hbond substituents is 1. The van der Waals surface area contributed by atoms with Gasteiger partial charge >= 0.3 is 0 Å². The topological polar surface area (TPSA) is 95.9 Å². The number of nitrogens with one attached hydrogen (secondary N) is 1. The van der Waals surface area contributed by atoms with Crippen molar-refractivity contribution in [2.75, 3.05) is 18.5 Å². The number of hydrogen-bond acceptors (Lipinski definition) is 5. The maximum absolute atomic E-state index is 12.7. The third-order valence-corrected chi connectivity index (χ3v) is 5.04. The van der Waals surface area contributed by atoms with E-state index in [1.807, 2.05) is 6.92 Å². The first-order valence-corrected chi connectivity index (χ1v) is 9.17. The van der Waals surface area contributed by atoms with Crippen LogP contribution in [0.1, 0.15) is 49.5 Å². The number of aryl methyl sites for hydroxylation is 1. The molecule has 4 rings (SSSR count). The molecular weight excluding hydrogens is 360 g/mol. The number of rotatable bonds is 4. The summed E-state index contributed by atoms with van der Waals surface area (Å²) in [5, 5.41) is 12.5. The minimum atomic E-state index is -0.471. The number of imide groups is 1. The zero-order valence-electron chi connectivity index (χ0n) is 15.4. The molecule has 2 heterocycles. The molecule has 1 atom stereocenters. The van der Waals surface area contributed by atoms with Gasteiger partial charge in [-0.05, 0) is 55.7 Å². The van der Waals surface area contributed by atoms with Gasteiger partial charge in [0.25, 0.3) is 17.7 Å². The second-order valence-corrected chi connectivity index (χ2v) is 7.09. The molecule has 0 saturated carbocycles. The van der Waals surface area contributed by atoms with Gasteiger partial charge in [-0.1, -0.05) is 6.07 Å². The van der Waals surface area contributed by atoms with Gasteiger partial charge in [-0.3, -0.25) is 19.3 Å². The monoisotopic (exact) mass is 380 g/mol. The predicted molar refractivity (Wildman–Crippen MR) is 102 cm³/mol. The highest BCUT2D eigenvalue weighted by Crippen LogP contribution is 2.28. The number of phenols is 1. The van der Waals surface area contributed by atoms with Crippen LogP contribution in [0.2, 0.25) is 0 Å². The first kappa shape index (κ1) is 18.2. The van der Waals surface area contributed by atoms with Crippen LogP contribution >= 0.6 is 0 Å². The van der Waals surface area contributed by atoms with Crippen molar-refractivity contribution >= 4 is 23.4 Å². The summed E-state index contributed by atoms with van der Waals surface area (Å²) in [5.74, 6) is -1.29. The Labute approximate surface area is 161 Å². The number of hydrogen-bond donors (Lipinski definition) is 2. The molecule has 0 spiro atoms. The molecule has 2 N–H and O–H groups in total. The average Bonchev–Trinajstić information content (AvgIpc) is 3.27. The zero-order valence-corrected chi connectivity index (χ0v) is 15.4. The van der Waals surface area contributed by atoms with Crippen molar-refractivity contribution in [1.82, 2.24) is 4.90 Å². The molecule has 0 unspecified atom stereocenters. The van der Waals surface area contributed by atoms with Crippen molar-refractivity contribution < 1.29 is 24.2 Å². The number of carbonyl (C=O) groups is 3. The number of nitrogens with zero attached hydrogens (tertiary/aromatic N) is 1. The molecule has 2 aromatic rings. The maximum Gasteiger partial charge on any atom is 0.261 e. The Hall–Kier alpha value is -3.19. The van der Waals surface area contributed by atoms with Crippen molar-refractivity contribution in [3.63, 3.8) is 0 Å². The molecule has 0 aromatic heterocycles. The summed E-state index contributed by atoms with van der Waals surface area (Å²) >= 11 is 0. The molecule has 2 aromatic carbocycles. The number of ether oxygens (including phenoxy) is 1. The maximum atomic E-state index is 12.7. The van der Waals surface area contributed by atoms with Crippen molar-refractivity contribution in [3.8, 4) is 5.75 Å². The van der Waals surface area contributed by atoms with Crippen molar-refractivity contribution in [1.29, 1.82) is 0 Å². The van der Waals surface area contributed by atoms with Gasteiger partial charge in [0.1, 0.15) is 5.75 Å². The lowest BCUT2D eigenvalue weighted by atomic mass is 10.1. The molecule has 0 radical (unpaired) electrons. The second-order valence-electron chi connectivity index (χ2n) is 7.09. The van der Waals surface area contributed by atoms with Gasteiger partial charge in [0, 0.05) is 12.2 Å². The van der Waals surface area contributed by atoms with E-state index < -0.39 is 11.8 Å². The minimum Gasteiger partial charge on any atom is -0.506 e. The van der Waals surface area contributed by atoms with Crippen LogP contribution in [0, 0.1) is 6.92 Å². The van der Waals surface area contributed by atoms with E-state index in [1.54, 1.807) is 12.1 Å². The zero-order chi connectivity index (χ0) is 19.8. The Morgan fingerprint density at radius 1 is 1.18 bits per heavy atom. The van der Waals surface area contributed by atoms with E-state index in [0.717, 1.165) is 18.4 Å². The number of fused-ring (bicyclic) bond motifs is 1. The van der Waals surface area contributed by atoms with E-state index in [0.29, 0.717) is 6.61 Å². The fraction of sp³-hybridized carbons (Fsp3) is 0.286. The standard InChI is InChI=1S/C21H20N2O5/c1-12-4-7-18(24)17(9-12)22-19(25)13-5-6-15-16(10-13)21(27)23(20(15)26)11-14-3-2-8-28-14/h4-7,9-10,14,24H,2-3,8,11H2,1H3,(H,22,25)/t14-/m1/s1. The lowest BCUT2D eigenvalue weighted by Crippen LogP contribution is -2.36. The number of benzene rings is 2. The van der Waals surface area contributed by atoms with Crippen LogP contribution in [0.15, 0.2) is 36.4 Å². The SMILES string of the molecule is Cc1ccc(O)c(NC(=O)c2ccc3c(c2)C(=O)N(C[C@H]2CCCO2)C3=O)c1. The van der Waals surface area contributed by atoms with Crippen molar-refractivity contribution in [2.24, 2.45) is 0 Å². The van der Waals surface area contributed by atoms with Gasteiger partial charge in [-0.25, -0.2) is 0 Å². The summed E-state index contributed by atoms with van der Waals surface area (Å²) in [6.45, 7) is 2.71. The quantitative estimate of drug-likeness (QED) is 0.628. The molecule has 7 heteroatoms. The van der Waals surface area contributed by atoms with Crippen molar-refractivity contribution in [2.45, 2.75) is 25.9 Å². The van der Waals surface area contributed by atoms with Gasteiger partial charge in [0.15, 0.2) is 0 Å². The Morgan fingerprint density at radius 3 is 2.71 bits per heavy atom. The van der Waals surface area contributed by atoms with E-state index in [9.17, 15) is 19.5 Å². The summed E-state index contributed by atoms with van der Waals surface area (Å²) < 4.78 is 5.53. The normalized spacial score (nSPS) is 18.5. The summed E-state index contributed by atoms with van der Waals surface area (Å²) in [6, 6.07) is 9.30. The molecule has 7 nitrogen and oxygen atoms in total. The van der Waals surface area contributed by atoms with Crippen LogP contribution in [-0.4, -0.2) is 47.0 Å². The van der Waals surface area contributed by atoms with Crippen LogP contribution in [0.3, 0.4) is 0 Å². The molecule has 28 heavy (non-hydrogen) atoms. The molecule has 1 fully saturated rings. The third-order valence-electron chi connectivity index (χ3n) is 5.04. The third kappa shape index (κ3) is 3.25. The van der Waals surface area contributed by atoms with Crippen molar-refractivity contribution in [3.05, 3.63) is 58.7 Å². The van der Waals surface area contributed by atoms with Crippen LogP contribution in [0.25, 0.3) is 0 Å². The molecule has 0 aliphatic carbocycles.